The van der Waals surface area contributed by atoms with Gasteiger partial charge in [0.05, 0.1) is 0 Å². The summed E-state index contributed by atoms with van der Waals surface area (Å²) in [5.41, 5.74) is 4.49. The van der Waals surface area contributed by atoms with E-state index in [9.17, 15) is 0 Å². The van der Waals surface area contributed by atoms with Gasteiger partial charge in [0.25, 0.3) is 0 Å². The number of hydrogen-bond acceptors (Lipinski definition) is 0. The molecule has 180 valence electrons. The van der Waals surface area contributed by atoms with Crippen LogP contribution in [0.3, 0.4) is 0 Å². The van der Waals surface area contributed by atoms with Crippen molar-refractivity contribution in [2.24, 2.45) is 5.92 Å². The topological polar surface area (TPSA) is 0 Å². The summed E-state index contributed by atoms with van der Waals surface area (Å²) in [5, 5.41) is 0. The van der Waals surface area contributed by atoms with Crippen molar-refractivity contribution < 1.29 is 0 Å². The fourth-order valence-corrected chi connectivity index (χ4v) is 3.73. The molecular formula is C31H56. The molecular weight excluding hydrogens is 372 g/mol. The third-order valence-electron chi connectivity index (χ3n) is 5.94. The molecule has 1 aliphatic rings. The van der Waals surface area contributed by atoms with Crippen molar-refractivity contribution in [2.45, 2.75) is 132 Å². The minimum Gasteiger partial charge on any atom is -0.0913 e. The van der Waals surface area contributed by atoms with Crippen LogP contribution in [0.1, 0.15) is 132 Å². The summed E-state index contributed by atoms with van der Waals surface area (Å²) < 4.78 is 0. The van der Waals surface area contributed by atoms with Crippen LogP contribution in [-0.4, -0.2) is 0 Å². The highest BCUT2D eigenvalue weighted by Crippen LogP contribution is 2.20. The van der Waals surface area contributed by atoms with Gasteiger partial charge < -0.3 is 0 Å². The molecule has 1 unspecified atom stereocenters. The molecule has 0 spiro atoms. The maximum absolute atomic E-state index is 2.46. The van der Waals surface area contributed by atoms with E-state index in [1.807, 2.05) is 0 Å². The zero-order chi connectivity index (χ0) is 22.5. The highest BCUT2D eigenvalue weighted by molar-refractivity contribution is 5.24. The first kappa shape index (κ1) is 31.9. The summed E-state index contributed by atoms with van der Waals surface area (Å²) in [5.74, 6) is 0.771. The predicted molar refractivity (Wildman–Crippen MR) is 147 cm³/mol. The molecule has 0 saturated heterocycles. The lowest BCUT2D eigenvalue weighted by molar-refractivity contribution is 0.504. The molecule has 0 aromatic heterocycles. The van der Waals surface area contributed by atoms with E-state index in [0.29, 0.717) is 0 Å². The van der Waals surface area contributed by atoms with E-state index >= 15 is 0 Å². The monoisotopic (exact) mass is 428 g/mol. The molecule has 31 heavy (non-hydrogen) atoms. The van der Waals surface area contributed by atoms with Gasteiger partial charge >= 0.3 is 0 Å². The SMILES string of the molecule is C.C/C=C\C/C(=C\C/C(C)=C/C(=C\C)CC)CCC(C)C/C=C\CC.C1CCCCC1. The van der Waals surface area contributed by atoms with Gasteiger partial charge in [-0.3, -0.25) is 0 Å². The Kier molecular flexibility index (Phi) is 24.0. The van der Waals surface area contributed by atoms with Crippen molar-refractivity contribution in [1.29, 1.82) is 0 Å². The summed E-state index contributed by atoms with van der Waals surface area (Å²) in [7, 11) is 0. The standard InChI is InChI=1S/C24H40.C6H12.CH4/c1-7-11-13-14-21(5)16-18-24(15-12-8-2)19-17-22(6)20-23(9-3)10-4;1-2-4-6-5-3-1;/h8-9,11-13,19-21H,7,10,14-18H2,1-6H3;1-6H2;1H4/b12-8-,13-11-,22-20+,23-9-,24-19+;;. The van der Waals surface area contributed by atoms with E-state index in [1.54, 1.807) is 5.57 Å². The first-order valence-corrected chi connectivity index (χ1v) is 12.8. The van der Waals surface area contributed by atoms with Crippen molar-refractivity contribution in [3.8, 4) is 0 Å². The van der Waals surface area contributed by atoms with Crippen LogP contribution >= 0.6 is 0 Å². The summed E-state index contributed by atoms with van der Waals surface area (Å²) in [6, 6.07) is 0. The van der Waals surface area contributed by atoms with Gasteiger partial charge in [-0.05, 0) is 71.6 Å². The molecule has 0 N–H and O–H groups in total. The molecule has 0 amide bonds. The number of allylic oxidation sites excluding steroid dienone is 10. The van der Waals surface area contributed by atoms with Gasteiger partial charge in [0.15, 0.2) is 0 Å². The largest absolute Gasteiger partial charge is 0.0913 e. The predicted octanol–water partition coefficient (Wildman–Crippen LogP) is 11.3. The third-order valence-corrected chi connectivity index (χ3v) is 5.94. The third kappa shape index (κ3) is 20.4. The number of rotatable bonds is 12. The van der Waals surface area contributed by atoms with Crippen LogP contribution in [0, 0.1) is 5.92 Å². The second kappa shape index (κ2) is 23.4. The molecule has 1 saturated carbocycles. The zero-order valence-electron chi connectivity index (χ0n) is 21.3. The normalized spacial score (nSPS) is 16.8. The van der Waals surface area contributed by atoms with Gasteiger partial charge in [0, 0.05) is 0 Å². The van der Waals surface area contributed by atoms with E-state index < -0.39 is 0 Å². The van der Waals surface area contributed by atoms with Crippen LogP contribution in [0.25, 0.3) is 0 Å². The van der Waals surface area contributed by atoms with Crippen molar-refractivity contribution in [2.75, 3.05) is 0 Å². The quantitative estimate of drug-likeness (QED) is 0.214. The van der Waals surface area contributed by atoms with E-state index in [-0.39, 0.29) is 7.43 Å². The Hall–Kier alpha value is -1.30. The Morgan fingerprint density at radius 3 is 1.97 bits per heavy atom. The van der Waals surface area contributed by atoms with E-state index in [2.05, 4.69) is 84.1 Å². The van der Waals surface area contributed by atoms with Gasteiger partial charge in [-0.2, -0.15) is 0 Å². The smallest absolute Gasteiger partial charge is 0.0136 e. The first-order valence-electron chi connectivity index (χ1n) is 12.8. The molecule has 0 aromatic rings. The fraction of sp³-hybridized carbons (Fsp3) is 0.677. The van der Waals surface area contributed by atoms with Crippen molar-refractivity contribution in [3.63, 3.8) is 0 Å². The highest BCUT2D eigenvalue weighted by atomic mass is 14.1. The molecule has 0 aliphatic heterocycles. The Balaban J connectivity index is 0. The molecule has 1 fully saturated rings. The van der Waals surface area contributed by atoms with E-state index in [4.69, 9.17) is 0 Å². The van der Waals surface area contributed by atoms with Crippen LogP contribution in [0.5, 0.6) is 0 Å². The average Bonchev–Trinajstić information content (AvgIpc) is 2.78. The second-order valence-electron chi connectivity index (χ2n) is 8.93. The Labute approximate surface area is 197 Å². The van der Waals surface area contributed by atoms with Crippen LogP contribution < -0.4 is 0 Å². The minimum absolute atomic E-state index is 0. The van der Waals surface area contributed by atoms with Gasteiger partial charge in [0.1, 0.15) is 0 Å². The second-order valence-corrected chi connectivity index (χ2v) is 8.93. The van der Waals surface area contributed by atoms with Crippen LogP contribution in [0.2, 0.25) is 0 Å². The summed E-state index contributed by atoms with van der Waals surface area (Å²) in [4.78, 5) is 0. The van der Waals surface area contributed by atoms with Crippen LogP contribution in [-0.2, 0) is 0 Å². The van der Waals surface area contributed by atoms with Gasteiger partial charge in [0.2, 0.25) is 0 Å². The van der Waals surface area contributed by atoms with E-state index in [1.165, 1.54) is 68.9 Å². The molecule has 1 atom stereocenters. The zero-order valence-corrected chi connectivity index (χ0v) is 21.3. The molecule has 0 nitrogen and oxygen atoms in total. The average molecular weight is 429 g/mol. The lowest BCUT2D eigenvalue weighted by atomic mass is 9.95. The molecule has 0 heteroatoms. The lowest BCUT2D eigenvalue weighted by Gasteiger charge is -2.11. The van der Waals surface area contributed by atoms with Gasteiger partial charge in [-0.15, -0.1) is 0 Å². The Morgan fingerprint density at radius 2 is 1.48 bits per heavy atom. The van der Waals surface area contributed by atoms with Gasteiger partial charge in [-0.1, -0.05) is 126 Å². The maximum Gasteiger partial charge on any atom is -0.0136 e. The fourth-order valence-electron chi connectivity index (χ4n) is 3.73. The lowest BCUT2D eigenvalue weighted by Crippen LogP contribution is -1.95. The highest BCUT2D eigenvalue weighted by Gasteiger charge is 2.03. The summed E-state index contributed by atoms with van der Waals surface area (Å²) in [6.45, 7) is 13.3. The molecule has 0 bridgehead atoms. The molecule has 1 rings (SSSR count). The van der Waals surface area contributed by atoms with Crippen molar-refractivity contribution in [3.05, 3.63) is 59.3 Å². The van der Waals surface area contributed by atoms with Gasteiger partial charge in [-0.25, -0.2) is 0 Å². The summed E-state index contributed by atoms with van der Waals surface area (Å²) >= 11 is 0. The van der Waals surface area contributed by atoms with Crippen molar-refractivity contribution >= 4 is 0 Å². The summed E-state index contributed by atoms with van der Waals surface area (Å²) in [6.07, 6.45) is 33.3. The van der Waals surface area contributed by atoms with Crippen LogP contribution in [0.4, 0.5) is 0 Å². The Morgan fingerprint density at radius 1 is 0.871 bits per heavy atom. The first-order chi connectivity index (χ1) is 14.6. The maximum atomic E-state index is 2.46. The van der Waals surface area contributed by atoms with Crippen molar-refractivity contribution in [1.82, 2.24) is 0 Å². The Bertz CT molecular complexity index is 523. The molecule has 0 aromatic carbocycles. The minimum atomic E-state index is 0. The van der Waals surface area contributed by atoms with E-state index in [0.717, 1.165) is 31.6 Å². The number of hydrogen-bond donors (Lipinski definition) is 0. The molecule has 0 radical (unpaired) electrons. The molecule has 1 aliphatic carbocycles. The van der Waals surface area contributed by atoms with Crippen LogP contribution in [0.15, 0.2) is 59.3 Å². The molecule has 0 heterocycles.